The Bertz CT molecular complexity index is 461. The van der Waals surface area contributed by atoms with E-state index in [2.05, 4.69) is 4.98 Å². The number of nitrogens with zero attached hydrogens (tertiary/aromatic N) is 2. The number of hydrogen-bond acceptors (Lipinski definition) is 3. The minimum Gasteiger partial charge on any atom is -0.334 e. The van der Waals surface area contributed by atoms with E-state index >= 15 is 0 Å². The molecule has 0 aliphatic heterocycles. The lowest BCUT2D eigenvalue weighted by Crippen LogP contribution is -2.48. The predicted octanol–water partition coefficient (Wildman–Crippen LogP) is 2.37. The molecule has 20 heavy (non-hydrogen) atoms. The van der Waals surface area contributed by atoms with Gasteiger partial charge in [-0.05, 0) is 51.3 Å². The maximum Gasteiger partial charge on any atom is 0.272 e. The summed E-state index contributed by atoms with van der Waals surface area (Å²) in [6.07, 6.45) is 4.61. The van der Waals surface area contributed by atoms with Crippen LogP contribution < -0.4 is 5.73 Å². The Morgan fingerprint density at radius 3 is 2.80 bits per heavy atom. The predicted molar refractivity (Wildman–Crippen MR) is 80.5 cm³/mol. The third-order valence-corrected chi connectivity index (χ3v) is 4.28. The number of aromatic nitrogens is 1. The molecule has 4 nitrogen and oxygen atoms in total. The molecule has 1 amide bonds. The van der Waals surface area contributed by atoms with Crippen LogP contribution in [-0.4, -0.2) is 34.9 Å². The minimum atomic E-state index is 0.0431. The topological polar surface area (TPSA) is 59.2 Å². The van der Waals surface area contributed by atoms with E-state index in [1.807, 2.05) is 30.9 Å². The maximum absolute atomic E-state index is 12.7. The van der Waals surface area contributed by atoms with Crippen molar-refractivity contribution in [1.29, 1.82) is 0 Å². The summed E-state index contributed by atoms with van der Waals surface area (Å²) < 4.78 is 0. The lowest BCUT2D eigenvalue weighted by molar-refractivity contribution is 0.0554. The van der Waals surface area contributed by atoms with Gasteiger partial charge in [-0.1, -0.05) is 18.9 Å². The van der Waals surface area contributed by atoms with E-state index in [9.17, 15) is 4.79 Å². The van der Waals surface area contributed by atoms with Gasteiger partial charge in [0, 0.05) is 18.3 Å². The van der Waals surface area contributed by atoms with E-state index in [4.69, 9.17) is 5.73 Å². The second kappa shape index (κ2) is 6.84. The van der Waals surface area contributed by atoms with Crippen molar-refractivity contribution in [1.82, 2.24) is 9.88 Å². The average molecular weight is 275 g/mol. The van der Waals surface area contributed by atoms with E-state index in [0.29, 0.717) is 18.2 Å². The van der Waals surface area contributed by atoms with Crippen LogP contribution in [0.25, 0.3) is 0 Å². The summed E-state index contributed by atoms with van der Waals surface area (Å²) in [5.74, 6) is 0.471. The summed E-state index contributed by atoms with van der Waals surface area (Å²) in [4.78, 5) is 19.0. The fraction of sp³-hybridized carbons (Fsp3) is 0.625. The number of carbonyl (C=O) groups is 1. The van der Waals surface area contributed by atoms with Gasteiger partial charge in [0.2, 0.25) is 0 Å². The molecule has 2 N–H and O–H groups in total. The Labute approximate surface area is 121 Å². The van der Waals surface area contributed by atoms with Crippen LogP contribution >= 0.6 is 0 Å². The van der Waals surface area contributed by atoms with Crippen molar-refractivity contribution in [2.75, 3.05) is 13.1 Å². The zero-order chi connectivity index (χ0) is 14.5. The maximum atomic E-state index is 12.7. The average Bonchev–Trinajstić information content (AvgIpc) is 2.48. The molecule has 0 bridgehead atoms. The number of nitrogens with two attached hydrogens (primary N) is 1. The summed E-state index contributed by atoms with van der Waals surface area (Å²) in [6, 6.07) is 5.88. The van der Waals surface area contributed by atoms with Gasteiger partial charge >= 0.3 is 0 Å². The second-order valence-corrected chi connectivity index (χ2v) is 5.60. The zero-order valence-corrected chi connectivity index (χ0v) is 12.5. The monoisotopic (exact) mass is 275 g/mol. The first kappa shape index (κ1) is 15.0. The number of hydrogen-bond donors (Lipinski definition) is 1. The number of amides is 1. The molecule has 1 aliphatic rings. The van der Waals surface area contributed by atoms with Gasteiger partial charge in [-0.25, -0.2) is 4.98 Å². The normalized spacial score (nSPS) is 22.6. The number of rotatable bonds is 4. The molecule has 1 aliphatic carbocycles. The Hall–Kier alpha value is -1.42. The van der Waals surface area contributed by atoms with Gasteiger partial charge in [-0.2, -0.15) is 0 Å². The molecule has 1 heterocycles. The highest BCUT2D eigenvalue weighted by molar-refractivity contribution is 5.92. The van der Waals surface area contributed by atoms with Crippen molar-refractivity contribution in [3.8, 4) is 0 Å². The largest absolute Gasteiger partial charge is 0.334 e. The van der Waals surface area contributed by atoms with Crippen LogP contribution in [0.4, 0.5) is 0 Å². The molecular formula is C16H25N3O. The number of aryl methyl sites for hydroxylation is 1. The molecule has 1 fully saturated rings. The van der Waals surface area contributed by atoms with Crippen LogP contribution in [0.1, 0.15) is 48.8 Å². The van der Waals surface area contributed by atoms with Crippen molar-refractivity contribution in [3.63, 3.8) is 0 Å². The third-order valence-electron chi connectivity index (χ3n) is 4.28. The molecule has 1 aromatic heterocycles. The molecule has 0 radical (unpaired) electrons. The van der Waals surface area contributed by atoms with Gasteiger partial charge in [0.15, 0.2) is 0 Å². The molecule has 2 atom stereocenters. The van der Waals surface area contributed by atoms with Gasteiger partial charge in [0.25, 0.3) is 5.91 Å². The molecule has 1 aromatic rings. The van der Waals surface area contributed by atoms with Crippen molar-refractivity contribution < 1.29 is 4.79 Å². The van der Waals surface area contributed by atoms with E-state index < -0.39 is 0 Å². The van der Waals surface area contributed by atoms with E-state index in [1.54, 1.807) is 6.07 Å². The molecule has 0 saturated heterocycles. The highest BCUT2D eigenvalue weighted by Crippen LogP contribution is 2.28. The van der Waals surface area contributed by atoms with Crippen molar-refractivity contribution in [2.24, 2.45) is 11.7 Å². The summed E-state index contributed by atoms with van der Waals surface area (Å²) >= 11 is 0. The van der Waals surface area contributed by atoms with Crippen LogP contribution in [0.5, 0.6) is 0 Å². The molecule has 2 rings (SSSR count). The number of carbonyl (C=O) groups excluding carboxylic acids is 1. The Kier molecular flexibility index (Phi) is 5.12. The van der Waals surface area contributed by atoms with Crippen molar-refractivity contribution >= 4 is 5.91 Å². The second-order valence-electron chi connectivity index (χ2n) is 5.60. The lowest BCUT2D eigenvalue weighted by Gasteiger charge is -2.39. The third kappa shape index (κ3) is 3.18. The molecular weight excluding hydrogens is 250 g/mol. The lowest BCUT2D eigenvalue weighted by atomic mass is 9.83. The molecule has 110 valence electrons. The molecule has 0 aromatic carbocycles. The number of pyridine rings is 1. The fourth-order valence-electron chi connectivity index (χ4n) is 3.21. The first-order valence-electron chi connectivity index (χ1n) is 7.62. The highest BCUT2D eigenvalue weighted by atomic mass is 16.2. The van der Waals surface area contributed by atoms with E-state index in [1.165, 1.54) is 12.8 Å². The van der Waals surface area contributed by atoms with Crippen molar-refractivity contribution in [3.05, 3.63) is 29.6 Å². The Morgan fingerprint density at radius 2 is 2.15 bits per heavy atom. The quantitative estimate of drug-likeness (QED) is 0.917. The van der Waals surface area contributed by atoms with Crippen molar-refractivity contribution in [2.45, 2.75) is 45.6 Å². The zero-order valence-electron chi connectivity index (χ0n) is 12.5. The molecule has 1 saturated carbocycles. The minimum absolute atomic E-state index is 0.0431. The first-order valence-corrected chi connectivity index (χ1v) is 7.62. The van der Waals surface area contributed by atoms with E-state index in [-0.39, 0.29) is 11.9 Å². The van der Waals surface area contributed by atoms with E-state index in [0.717, 1.165) is 25.1 Å². The molecule has 0 spiro atoms. The van der Waals surface area contributed by atoms with Gasteiger partial charge < -0.3 is 10.6 Å². The summed E-state index contributed by atoms with van der Waals surface area (Å²) in [5.41, 5.74) is 7.33. The van der Waals surface area contributed by atoms with Crippen LogP contribution in [0.15, 0.2) is 18.2 Å². The summed E-state index contributed by atoms with van der Waals surface area (Å²) in [7, 11) is 0. The molecule has 4 heteroatoms. The van der Waals surface area contributed by atoms with Gasteiger partial charge in [0.1, 0.15) is 5.69 Å². The summed E-state index contributed by atoms with van der Waals surface area (Å²) in [5, 5.41) is 0. The SMILES string of the molecule is CCN(C(=O)c1cccc(C)n1)C1CCCCC1CN. The standard InChI is InChI=1S/C16H25N3O/c1-3-19(15-10-5-4-8-13(15)11-17)16(20)14-9-6-7-12(2)18-14/h6-7,9,13,15H,3-5,8,10-11,17H2,1-2H3. The van der Waals surface area contributed by atoms with Crippen LogP contribution in [-0.2, 0) is 0 Å². The van der Waals surface area contributed by atoms with Gasteiger partial charge in [0.05, 0.1) is 0 Å². The fourth-order valence-corrected chi connectivity index (χ4v) is 3.21. The first-order chi connectivity index (χ1) is 9.67. The highest BCUT2D eigenvalue weighted by Gasteiger charge is 2.32. The smallest absolute Gasteiger partial charge is 0.272 e. The Morgan fingerprint density at radius 1 is 1.40 bits per heavy atom. The van der Waals surface area contributed by atoms with Crippen LogP contribution in [0.3, 0.4) is 0 Å². The van der Waals surface area contributed by atoms with Crippen LogP contribution in [0, 0.1) is 12.8 Å². The van der Waals surface area contributed by atoms with Crippen LogP contribution in [0.2, 0.25) is 0 Å². The van der Waals surface area contributed by atoms with Gasteiger partial charge in [-0.15, -0.1) is 0 Å². The molecule has 2 unspecified atom stereocenters. The summed E-state index contributed by atoms with van der Waals surface area (Å²) in [6.45, 7) is 5.33. The van der Waals surface area contributed by atoms with Gasteiger partial charge in [-0.3, -0.25) is 4.79 Å². The Balaban J connectivity index is 2.20.